The van der Waals surface area contributed by atoms with Gasteiger partial charge >= 0.3 is 17.3 Å². The van der Waals surface area contributed by atoms with Crippen molar-refractivity contribution in [3.63, 3.8) is 0 Å². The highest BCUT2D eigenvalue weighted by Gasteiger charge is 2.34. The quantitative estimate of drug-likeness (QED) is 0.577. The van der Waals surface area contributed by atoms with Crippen molar-refractivity contribution < 1.29 is 24.9 Å². The lowest BCUT2D eigenvalue weighted by molar-refractivity contribution is -0.422. The van der Waals surface area contributed by atoms with Crippen molar-refractivity contribution in [2.75, 3.05) is 0 Å². The summed E-state index contributed by atoms with van der Waals surface area (Å²) >= 11 is 0. The molecule has 1 aromatic carbocycles. The first-order valence-electron chi connectivity index (χ1n) is 3.74. The number of nitrogens with zero attached hydrogens (tertiary/aromatic N) is 2. The number of aromatic carboxylic acids is 1. The van der Waals surface area contributed by atoms with Crippen LogP contribution in [-0.2, 0) is 0 Å². The van der Waals surface area contributed by atoms with Crippen molar-refractivity contribution in [1.82, 2.24) is 0 Å². The Morgan fingerprint density at radius 2 is 1.75 bits per heavy atom. The number of hydrogen-bond donors (Lipinski definition) is 2. The van der Waals surface area contributed by atoms with Gasteiger partial charge in [-0.15, -0.1) is 0 Å². The SMILES string of the molecule is O=C(O)c1c(O)ccc([N+](=O)[O-])c1[N+](=O)[O-]. The van der Waals surface area contributed by atoms with Crippen molar-refractivity contribution in [2.45, 2.75) is 0 Å². The van der Waals surface area contributed by atoms with Crippen molar-refractivity contribution in [1.29, 1.82) is 0 Å². The first-order chi connectivity index (χ1) is 7.36. The molecule has 0 saturated carbocycles. The molecule has 2 N–H and O–H groups in total. The van der Waals surface area contributed by atoms with Crippen molar-refractivity contribution in [3.05, 3.63) is 37.9 Å². The minimum absolute atomic E-state index is 0.667. The fourth-order valence-corrected chi connectivity index (χ4v) is 1.11. The van der Waals surface area contributed by atoms with Crippen LogP contribution in [0, 0.1) is 20.2 Å². The second kappa shape index (κ2) is 3.81. The molecule has 16 heavy (non-hydrogen) atoms. The van der Waals surface area contributed by atoms with Crippen LogP contribution in [0.4, 0.5) is 11.4 Å². The van der Waals surface area contributed by atoms with Gasteiger partial charge in [-0.25, -0.2) is 4.79 Å². The molecule has 0 amide bonds. The molecule has 0 atom stereocenters. The van der Waals surface area contributed by atoms with Crippen LogP contribution >= 0.6 is 0 Å². The fraction of sp³-hybridized carbons (Fsp3) is 0. The average Bonchev–Trinajstić information content (AvgIpc) is 2.15. The molecule has 0 aliphatic heterocycles. The number of nitro benzene ring substituents is 2. The van der Waals surface area contributed by atoms with E-state index in [1.165, 1.54) is 0 Å². The molecule has 1 rings (SSSR count). The standard InChI is InChI=1S/C7H4N2O7/c10-4-2-1-3(8(13)14)6(9(15)16)5(4)7(11)12/h1-2,10H,(H,11,12). The Balaban J connectivity index is 3.70. The van der Waals surface area contributed by atoms with Crippen LogP contribution in [0.1, 0.15) is 10.4 Å². The van der Waals surface area contributed by atoms with Crippen LogP contribution in [-0.4, -0.2) is 26.0 Å². The number of hydrogen-bond acceptors (Lipinski definition) is 6. The predicted molar refractivity (Wildman–Crippen MR) is 48.4 cm³/mol. The molecule has 1 aromatic rings. The number of carboxylic acid groups (broad SMARTS) is 1. The van der Waals surface area contributed by atoms with Gasteiger partial charge in [-0.1, -0.05) is 0 Å². The van der Waals surface area contributed by atoms with Gasteiger partial charge in [-0.2, -0.15) is 0 Å². The first kappa shape index (κ1) is 11.4. The summed E-state index contributed by atoms with van der Waals surface area (Å²) in [5, 5.41) is 38.7. The maximum atomic E-state index is 10.6. The summed E-state index contributed by atoms with van der Waals surface area (Å²) in [4.78, 5) is 29.3. The number of phenols is 1. The summed E-state index contributed by atoms with van der Waals surface area (Å²) < 4.78 is 0. The molecule has 0 unspecified atom stereocenters. The highest BCUT2D eigenvalue weighted by molar-refractivity contribution is 5.97. The summed E-state index contributed by atoms with van der Waals surface area (Å²) in [6.45, 7) is 0. The fourth-order valence-electron chi connectivity index (χ4n) is 1.11. The third-order valence-electron chi connectivity index (χ3n) is 1.73. The van der Waals surface area contributed by atoms with Gasteiger partial charge in [0.05, 0.1) is 9.85 Å². The molecule has 9 nitrogen and oxygen atoms in total. The molecular formula is C7H4N2O7. The van der Waals surface area contributed by atoms with Gasteiger partial charge < -0.3 is 10.2 Å². The zero-order chi connectivity index (χ0) is 12.5. The number of rotatable bonds is 3. The number of benzene rings is 1. The zero-order valence-corrected chi connectivity index (χ0v) is 7.48. The molecule has 0 aliphatic carbocycles. The largest absolute Gasteiger partial charge is 0.507 e. The molecule has 0 spiro atoms. The van der Waals surface area contributed by atoms with Gasteiger partial charge in [-0.3, -0.25) is 20.2 Å². The minimum Gasteiger partial charge on any atom is -0.507 e. The molecule has 0 radical (unpaired) electrons. The topological polar surface area (TPSA) is 144 Å². The number of aromatic hydroxyl groups is 1. The summed E-state index contributed by atoms with van der Waals surface area (Å²) in [5.41, 5.74) is -3.32. The molecule has 0 saturated heterocycles. The maximum absolute atomic E-state index is 10.6. The summed E-state index contributed by atoms with van der Waals surface area (Å²) in [7, 11) is 0. The van der Waals surface area contributed by atoms with Crippen LogP contribution in [0.15, 0.2) is 12.1 Å². The Morgan fingerprint density at radius 3 is 2.12 bits per heavy atom. The van der Waals surface area contributed by atoms with E-state index in [0.29, 0.717) is 12.1 Å². The molecule has 0 aromatic heterocycles. The molecule has 0 fully saturated rings. The van der Waals surface area contributed by atoms with E-state index in [4.69, 9.17) is 10.2 Å². The van der Waals surface area contributed by atoms with Crippen molar-refractivity contribution in [3.8, 4) is 5.75 Å². The van der Waals surface area contributed by atoms with E-state index in [1.54, 1.807) is 0 Å². The third kappa shape index (κ3) is 1.73. The van der Waals surface area contributed by atoms with Gasteiger partial charge in [0.25, 0.3) is 0 Å². The third-order valence-corrected chi connectivity index (χ3v) is 1.73. The van der Waals surface area contributed by atoms with Gasteiger partial charge in [0.1, 0.15) is 5.75 Å². The molecular weight excluding hydrogens is 224 g/mol. The second-order valence-electron chi connectivity index (χ2n) is 2.65. The normalized spacial score (nSPS) is 9.75. The Bertz CT molecular complexity index is 496. The molecule has 9 heteroatoms. The lowest BCUT2D eigenvalue weighted by atomic mass is 10.1. The van der Waals surface area contributed by atoms with Crippen LogP contribution in [0.5, 0.6) is 5.75 Å². The predicted octanol–water partition coefficient (Wildman–Crippen LogP) is 0.907. The number of carbonyl (C=O) groups is 1. The zero-order valence-electron chi connectivity index (χ0n) is 7.48. The van der Waals surface area contributed by atoms with Gasteiger partial charge in [0.15, 0.2) is 5.56 Å². The van der Waals surface area contributed by atoms with Gasteiger partial charge in [0.2, 0.25) is 0 Å². The molecule has 0 aliphatic rings. The van der Waals surface area contributed by atoms with Crippen LogP contribution in [0.25, 0.3) is 0 Å². The van der Waals surface area contributed by atoms with Gasteiger partial charge in [-0.05, 0) is 6.07 Å². The first-order valence-corrected chi connectivity index (χ1v) is 3.74. The van der Waals surface area contributed by atoms with E-state index in [2.05, 4.69) is 0 Å². The Morgan fingerprint density at radius 1 is 1.19 bits per heavy atom. The highest BCUT2D eigenvalue weighted by Crippen LogP contribution is 2.35. The summed E-state index contributed by atoms with van der Waals surface area (Å²) in [6, 6.07) is 1.38. The maximum Gasteiger partial charge on any atom is 0.364 e. The van der Waals surface area contributed by atoms with E-state index in [1.807, 2.05) is 0 Å². The number of carboxylic acids is 1. The van der Waals surface area contributed by atoms with Crippen molar-refractivity contribution in [2.24, 2.45) is 0 Å². The smallest absolute Gasteiger partial charge is 0.364 e. The minimum atomic E-state index is -1.81. The van der Waals surface area contributed by atoms with E-state index < -0.39 is 38.5 Å². The average molecular weight is 228 g/mol. The van der Waals surface area contributed by atoms with E-state index in [9.17, 15) is 25.0 Å². The Kier molecular flexibility index (Phi) is 2.70. The van der Waals surface area contributed by atoms with E-state index in [-0.39, 0.29) is 0 Å². The molecule has 84 valence electrons. The Labute approximate surface area is 86.9 Å². The van der Waals surface area contributed by atoms with Crippen LogP contribution in [0.2, 0.25) is 0 Å². The lowest BCUT2D eigenvalue weighted by Crippen LogP contribution is -2.06. The van der Waals surface area contributed by atoms with E-state index in [0.717, 1.165) is 0 Å². The second-order valence-corrected chi connectivity index (χ2v) is 2.65. The highest BCUT2D eigenvalue weighted by atomic mass is 16.6. The summed E-state index contributed by atoms with van der Waals surface area (Å²) in [6.07, 6.45) is 0. The Hall–Kier alpha value is -2.71. The lowest BCUT2D eigenvalue weighted by Gasteiger charge is -2.01. The molecule has 0 heterocycles. The summed E-state index contributed by atoms with van der Waals surface area (Å²) in [5.74, 6) is -2.71. The van der Waals surface area contributed by atoms with Crippen LogP contribution < -0.4 is 0 Å². The molecule has 0 bridgehead atoms. The van der Waals surface area contributed by atoms with Crippen LogP contribution in [0.3, 0.4) is 0 Å². The number of nitro groups is 2. The monoisotopic (exact) mass is 228 g/mol. The van der Waals surface area contributed by atoms with Crippen molar-refractivity contribution >= 4 is 17.3 Å². The van der Waals surface area contributed by atoms with Gasteiger partial charge in [0, 0.05) is 6.07 Å². The van der Waals surface area contributed by atoms with E-state index >= 15 is 0 Å².